The Bertz CT molecular complexity index is 56.9. The maximum Gasteiger partial charge on any atom is 0.0334 e. The fourth-order valence-electron chi connectivity index (χ4n) is 1.02. The van der Waals surface area contributed by atoms with Crippen LogP contribution in [0.5, 0.6) is 0 Å². The van der Waals surface area contributed by atoms with Crippen LogP contribution in [0.4, 0.5) is 0 Å². The highest BCUT2D eigenvalue weighted by molar-refractivity contribution is 7.59. The summed E-state index contributed by atoms with van der Waals surface area (Å²) >= 11 is 10.9. The third-order valence-corrected chi connectivity index (χ3v) is 2.51. The van der Waals surface area contributed by atoms with E-state index in [4.69, 9.17) is 24.2 Å². The molecule has 0 nitrogen and oxygen atoms in total. The van der Waals surface area contributed by atoms with Crippen LogP contribution in [0.1, 0.15) is 25.7 Å². The van der Waals surface area contributed by atoms with Crippen LogP contribution in [0.15, 0.2) is 0 Å². The van der Waals surface area contributed by atoms with Crippen molar-refractivity contribution in [3.8, 4) is 0 Å². The number of hydrogen-bond acceptors (Lipinski definition) is 1. The van der Waals surface area contributed by atoms with Gasteiger partial charge in [0.15, 0.2) is 0 Å². The molecule has 0 radical (unpaired) electrons. The molecule has 1 saturated carbocycles. The molecule has 0 atom stereocenters. The molecule has 0 amide bonds. The second-order valence-corrected chi connectivity index (χ2v) is 3.66. The Labute approximate surface area is 61.0 Å². The SMILES string of the molecule is [S-]C1CCC(Cl)CC1. The first-order chi connectivity index (χ1) is 3.79. The molecule has 8 heavy (non-hydrogen) atoms. The Balaban J connectivity index is 2.19. The number of halogens is 1. The highest BCUT2D eigenvalue weighted by Gasteiger charge is 2.10. The van der Waals surface area contributed by atoms with Crippen LogP contribution in [0.25, 0.3) is 0 Å². The summed E-state index contributed by atoms with van der Waals surface area (Å²) in [4.78, 5) is 0. The van der Waals surface area contributed by atoms with Gasteiger partial charge in [0.1, 0.15) is 0 Å². The van der Waals surface area contributed by atoms with E-state index in [2.05, 4.69) is 0 Å². The standard InChI is InChI=1S/C6H11ClS/c7-5-1-3-6(8)4-2-5/h5-6,8H,1-4H2/p-1. The Morgan fingerprint density at radius 2 is 1.62 bits per heavy atom. The fourth-order valence-corrected chi connectivity index (χ4v) is 1.55. The van der Waals surface area contributed by atoms with Crippen LogP contribution < -0.4 is 0 Å². The summed E-state index contributed by atoms with van der Waals surface area (Å²) in [5, 5.41) is 0.944. The van der Waals surface area contributed by atoms with Crippen molar-refractivity contribution in [3.05, 3.63) is 0 Å². The van der Waals surface area contributed by atoms with Crippen molar-refractivity contribution in [2.45, 2.75) is 36.3 Å². The van der Waals surface area contributed by atoms with Crippen molar-refractivity contribution in [1.82, 2.24) is 0 Å². The summed E-state index contributed by atoms with van der Waals surface area (Å²) in [5.74, 6) is 0. The number of rotatable bonds is 0. The normalized spacial score (nSPS) is 39.8. The van der Waals surface area contributed by atoms with Gasteiger partial charge >= 0.3 is 0 Å². The largest absolute Gasteiger partial charge is 0.789 e. The van der Waals surface area contributed by atoms with Gasteiger partial charge in [0.25, 0.3) is 0 Å². The van der Waals surface area contributed by atoms with E-state index in [1.807, 2.05) is 0 Å². The molecule has 0 aromatic carbocycles. The van der Waals surface area contributed by atoms with Gasteiger partial charge in [0.05, 0.1) is 0 Å². The molecule has 1 aliphatic rings. The first kappa shape index (κ1) is 6.76. The van der Waals surface area contributed by atoms with Crippen molar-refractivity contribution in [3.63, 3.8) is 0 Å². The molecule has 0 saturated heterocycles. The van der Waals surface area contributed by atoms with Crippen LogP contribution in [-0.4, -0.2) is 10.6 Å². The van der Waals surface area contributed by atoms with Crippen LogP contribution >= 0.6 is 11.6 Å². The highest BCUT2D eigenvalue weighted by Crippen LogP contribution is 2.22. The van der Waals surface area contributed by atoms with Gasteiger partial charge in [0.2, 0.25) is 0 Å². The number of alkyl halides is 1. The van der Waals surface area contributed by atoms with Crippen molar-refractivity contribution >= 4 is 24.2 Å². The van der Waals surface area contributed by atoms with Gasteiger partial charge in [-0.2, -0.15) is 5.25 Å². The average Bonchev–Trinajstić information content (AvgIpc) is 1.77. The Morgan fingerprint density at radius 1 is 1.12 bits per heavy atom. The van der Waals surface area contributed by atoms with Crippen molar-refractivity contribution in [2.75, 3.05) is 0 Å². The summed E-state index contributed by atoms with van der Waals surface area (Å²) in [5.41, 5.74) is 0. The zero-order chi connectivity index (χ0) is 5.98. The molecular formula is C6H10ClS-. The predicted octanol–water partition coefficient (Wildman–Crippen LogP) is 2.08. The van der Waals surface area contributed by atoms with E-state index in [-0.39, 0.29) is 0 Å². The summed E-state index contributed by atoms with van der Waals surface area (Å²) < 4.78 is 0. The molecule has 0 aromatic heterocycles. The highest BCUT2D eigenvalue weighted by atomic mass is 35.5. The van der Waals surface area contributed by atoms with Crippen molar-refractivity contribution in [1.29, 1.82) is 0 Å². The van der Waals surface area contributed by atoms with Crippen LogP contribution in [0, 0.1) is 0 Å². The molecule has 0 N–H and O–H groups in total. The van der Waals surface area contributed by atoms with Gasteiger partial charge < -0.3 is 12.6 Å². The van der Waals surface area contributed by atoms with Gasteiger partial charge in [0, 0.05) is 5.38 Å². The minimum absolute atomic E-state index is 0.425. The van der Waals surface area contributed by atoms with Crippen LogP contribution in [-0.2, 0) is 12.6 Å². The molecular weight excluding hydrogens is 140 g/mol. The number of hydrogen-bond donors (Lipinski definition) is 0. The molecule has 0 heterocycles. The minimum Gasteiger partial charge on any atom is -0.789 e. The Morgan fingerprint density at radius 3 is 2.00 bits per heavy atom. The smallest absolute Gasteiger partial charge is 0.0334 e. The van der Waals surface area contributed by atoms with Crippen LogP contribution in [0.2, 0.25) is 0 Å². The predicted molar refractivity (Wildman–Crippen MR) is 39.3 cm³/mol. The summed E-state index contributed by atoms with van der Waals surface area (Å²) in [6, 6.07) is 0. The van der Waals surface area contributed by atoms with Crippen molar-refractivity contribution < 1.29 is 0 Å². The molecule has 2 heteroatoms. The first-order valence-corrected chi connectivity index (χ1v) is 3.99. The first-order valence-electron chi connectivity index (χ1n) is 3.09. The maximum absolute atomic E-state index is 5.84. The molecule has 1 fully saturated rings. The van der Waals surface area contributed by atoms with E-state index in [9.17, 15) is 0 Å². The topological polar surface area (TPSA) is 0 Å². The summed E-state index contributed by atoms with van der Waals surface area (Å²) in [6.07, 6.45) is 4.58. The molecule has 48 valence electrons. The summed E-state index contributed by atoms with van der Waals surface area (Å²) in [6.45, 7) is 0. The van der Waals surface area contributed by atoms with E-state index in [1.165, 1.54) is 0 Å². The zero-order valence-electron chi connectivity index (χ0n) is 4.77. The van der Waals surface area contributed by atoms with E-state index < -0.39 is 0 Å². The monoisotopic (exact) mass is 149 g/mol. The van der Waals surface area contributed by atoms with Crippen LogP contribution in [0.3, 0.4) is 0 Å². The van der Waals surface area contributed by atoms with Gasteiger partial charge in [-0.3, -0.25) is 0 Å². The Hall–Kier alpha value is 0.640. The van der Waals surface area contributed by atoms with E-state index in [1.54, 1.807) is 0 Å². The molecule has 0 aromatic rings. The van der Waals surface area contributed by atoms with Gasteiger partial charge in [-0.25, -0.2) is 0 Å². The van der Waals surface area contributed by atoms with Gasteiger partial charge in [-0.05, 0) is 12.8 Å². The van der Waals surface area contributed by atoms with Gasteiger partial charge in [-0.15, -0.1) is 11.6 Å². The quantitative estimate of drug-likeness (QED) is 0.376. The fraction of sp³-hybridized carbons (Fsp3) is 1.00. The third kappa shape index (κ3) is 1.87. The minimum atomic E-state index is 0.425. The summed E-state index contributed by atoms with van der Waals surface area (Å²) in [7, 11) is 0. The van der Waals surface area contributed by atoms with Crippen molar-refractivity contribution in [2.24, 2.45) is 0 Å². The lowest BCUT2D eigenvalue weighted by Gasteiger charge is -2.29. The zero-order valence-corrected chi connectivity index (χ0v) is 6.34. The molecule has 0 aliphatic heterocycles. The second-order valence-electron chi connectivity index (χ2n) is 2.37. The average molecular weight is 150 g/mol. The molecule has 0 bridgehead atoms. The second kappa shape index (κ2) is 2.98. The lowest BCUT2D eigenvalue weighted by atomic mass is 10.00. The Kier molecular flexibility index (Phi) is 2.51. The van der Waals surface area contributed by atoms with E-state index in [0.29, 0.717) is 10.6 Å². The van der Waals surface area contributed by atoms with E-state index in [0.717, 1.165) is 25.7 Å². The lowest BCUT2D eigenvalue weighted by Crippen LogP contribution is -2.15. The third-order valence-electron chi connectivity index (χ3n) is 1.60. The van der Waals surface area contributed by atoms with Gasteiger partial charge in [-0.1, -0.05) is 12.8 Å². The molecule has 1 aliphatic carbocycles. The molecule has 0 unspecified atom stereocenters. The molecule has 1 rings (SSSR count). The lowest BCUT2D eigenvalue weighted by molar-refractivity contribution is 0.524. The van der Waals surface area contributed by atoms with E-state index >= 15 is 0 Å². The molecule has 0 spiro atoms. The maximum atomic E-state index is 5.84.